The molecule has 0 aliphatic carbocycles. The lowest BCUT2D eigenvalue weighted by Crippen LogP contribution is -2.34. The van der Waals surface area contributed by atoms with E-state index in [1.54, 1.807) is 0 Å². The molecule has 18 heavy (non-hydrogen) atoms. The van der Waals surface area contributed by atoms with Gasteiger partial charge in [-0.3, -0.25) is 0 Å². The van der Waals surface area contributed by atoms with Crippen molar-refractivity contribution in [3.8, 4) is 0 Å². The number of nitrogen functional groups attached to an aromatic ring is 1. The molecule has 2 rings (SSSR count). The molecule has 1 fully saturated rings. The number of rotatable bonds is 5. The van der Waals surface area contributed by atoms with E-state index in [0.29, 0.717) is 32.2 Å². The molecule has 1 aromatic heterocycles. The summed E-state index contributed by atoms with van der Waals surface area (Å²) in [7, 11) is 0. The van der Waals surface area contributed by atoms with Crippen molar-refractivity contribution in [2.24, 2.45) is 0 Å². The Kier molecular flexibility index (Phi) is 4.72. The standard InChI is InChI=1S/C12H20N4O2/c1-2-3-10-11(13)15-8-16-12(10)14-6-9-7-17-4-5-18-9/h8-9H,2-7H2,1H3,(H3,13,14,15,16). The lowest BCUT2D eigenvalue weighted by Gasteiger charge is -2.23. The second-order valence-electron chi connectivity index (χ2n) is 4.28. The predicted molar refractivity (Wildman–Crippen MR) is 69.5 cm³/mol. The van der Waals surface area contributed by atoms with E-state index in [0.717, 1.165) is 24.2 Å². The fourth-order valence-electron chi connectivity index (χ4n) is 1.94. The molecule has 6 nitrogen and oxygen atoms in total. The third-order valence-corrected chi connectivity index (χ3v) is 2.86. The topological polar surface area (TPSA) is 82.3 Å². The Morgan fingerprint density at radius 3 is 3.06 bits per heavy atom. The summed E-state index contributed by atoms with van der Waals surface area (Å²) >= 11 is 0. The number of ether oxygens (including phenoxy) is 2. The van der Waals surface area contributed by atoms with Crippen molar-refractivity contribution in [2.45, 2.75) is 25.9 Å². The molecule has 0 aromatic carbocycles. The molecule has 0 amide bonds. The van der Waals surface area contributed by atoms with Gasteiger partial charge in [-0.05, 0) is 6.42 Å². The molecule has 0 bridgehead atoms. The van der Waals surface area contributed by atoms with Gasteiger partial charge in [-0.2, -0.15) is 0 Å². The van der Waals surface area contributed by atoms with Crippen LogP contribution in [0.15, 0.2) is 6.33 Å². The second kappa shape index (κ2) is 6.51. The van der Waals surface area contributed by atoms with Crippen LogP contribution >= 0.6 is 0 Å². The summed E-state index contributed by atoms with van der Waals surface area (Å²) in [5.74, 6) is 1.36. The number of anilines is 2. The normalized spacial score (nSPS) is 19.7. The molecule has 2 heterocycles. The Bertz CT molecular complexity index is 380. The lowest BCUT2D eigenvalue weighted by molar-refractivity contribution is -0.0819. The summed E-state index contributed by atoms with van der Waals surface area (Å²) in [5.41, 5.74) is 6.85. The van der Waals surface area contributed by atoms with Crippen molar-refractivity contribution in [1.82, 2.24) is 9.97 Å². The van der Waals surface area contributed by atoms with E-state index < -0.39 is 0 Å². The molecule has 100 valence electrons. The van der Waals surface area contributed by atoms with Crippen molar-refractivity contribution in [2.75, 3.05) is 37.4 Å². The van der Waals surface area contributed by atoms with Crippen LogP contribution in [-0.2, 0) is 15.9 Å². The third kappa shape index (κ3) is 3.30. The third-order valence-electron chi connectivity index (χ3n) is 2.86. The van der Waals surface area contributed by atoms with Crippen LogP contribution in [0.25, 0.3) is 0 Å². The molecule has 0 saturated carbocycles. The molecule has 1 aliphatic heterocycles. The lowest BCUT2D eigenvalue weighted by atomic mass is 10.1. The SMILES string of the molecule is CCCc1c(N)ncnc1NCC1COCCO1. The van der Waals surface area contributed by atoms with Crippen LogP contribution in [0.4, 0.5) is 11.6 Å². The molecule has 3 N–H and O–H groups in total. The molecule has 1 aliphatic rings. The van der Waals surface area contributed by atoms with Gasteiger partial charge in [0, 0.05) is 12.1 Å². The summed E-state index contributed by atoms with van der Waals surface area (Å²) in [6.07, 6.45) is 3.44. The molecular formula is C12H20N4O2. The monoisotopic (exact) mass is 252 g/mol. The largest absolute Gasteiger partial charge is 0.383 e. The van der Waals surface area contributed by atoms with Crippen LogP contribution in [0, 0.1) is 0 Å². The van der Waals surface area contributed by atoms with Gasteiger partial charge in [-0.15, -0.1) is 0 Å². The number of nitrogens with zero attached hydrogens (tertiary/aromatic N) is 2. The highest BCUT2D eigenvalue weighted by Gasteiger charge is 2.15. The summed E-state index contributed by atoms with van der Waals surface area (Å²) in [6.45, 7) is 4.73. The Hall–Kier alpha value is -1.40. The minimum atomic E-state index is 0.0735. The zero-order chi connectivity index (χ0) is 12.8. The van der Waals surface area contributed by atoms with Crippen molar-refractivity contribution in [3.63, 3.8) is 0 Å². The summed E-state index contributed by atoms with van der Waals surface area (Å²) in [6, 6.07) is 0. The van der Waals surface area contributed by atoms with Crippen LogP contribution in [0.1, 0.15) is 18.9 Å². The quantitative estimate of drug-likeness (QED) is 0.808. The molecule has 1 atom stereocenters. The van der Waals surface area contributed by atoms with Crippen molar-refractivity contribution < 1.29 is 9.47 Å². The average Bonchev–Trinajstić information content (AvgIpc) is 2.41. The molecule has 1 unspecified atom stereocenters. The zero-order valence-corrected chi connectivity index (χ0v) is 10.7. The van der Waals surface area contributed by atoms with E-state index in [1.165, 1.54) is 6.33 Å². The van der Waals surface area contributed by atoms with E-state index in [1.807, 2.05) is 0 Å². The first-order valence-corrected chi connectivity index (χ1v) is 6.33. The Balaban J connectivity index is 1.97. The van der Waals surface area contributed by atoms with Crippen LogP contribution in [-0.4, -0.2) is 42.4 Å². The van der Waals surface area contributed by atoms with Crippen molar-refractivity contribution in [1.29, 1.82) is 0 Å². The van der Waals surface area contributed by atoms with Crippen LogP contribution < -0.4 is 11.1 Å². The van der Waals surface area contributed by atoms with Gasteiger partial charge in [0.25, 0.3) is 0 Å². The maximum absolute atomic E-state index is 5.87. The maximum Gasteiger partial charge on any atom is 0.134 e. The Labute approximate surface area is 107 Å². The zero-order valence-electron chi connectivity index (χ0n) is 10.7. The summed E-state index contributed by atoms with van der Waals surface area (Å²) in [5, 5.41) is 3.27. The van der Waals surface area contributed by atoms with Gasteiger partial charge in [0.1, 0.15) is 18.0 Å². The average molecular weight is 252 g/mol. The number of hydrogen-bond donors (Lipinski definition) is 2. The van der Waals surface area contributed by atoms with Gasteiger partial charge < -0.3 is 20.5 Å². The van der Waals surface area contributed by atoms with E-state index >= 15 is 0 Å². The number of nitrogens with one attached hydrogen (secondary N) is 1. The molecule has 1 aromatic rings. The highest BCUT2D eigenvalue weighted by Crippen LogP contribution is 2.19. The molecule has 1 saturated heterocycles. The first kappa shape index (κ1) is 13.0. The highest BCUT2D eigenvalue weighted by atomic mass is 16.6. The molecule has 0 radical (unpaired) electrons. The molecule has 6 heteroatoms. The van der Waals surface area contributed by atoms with Gasteiger partial charge in [0.2, 0.25) is 0 Å². The van der Waals surface area contributed by atoms with Gasteiger partial charge in [-0.1, -0.05) is 13.3 Å². The highest BCUT2D eigenvalue weighted by molar-refractivity contribution is 5.55. The smallest absolute Gasteiger partial charge is 0.134 e. The Morgan fingerprint density at radius 1 is 1.44 bits per heavy atom. The Morgan fingerprint density at radius 2 is 2.33 bits per heavy atom. The van der Waals surface area contributed by atoms with E-state index in [-0.39, 0.29) is 6.10 Å². The van der Waals surface area contributed by atoms with Crippen molar-refractivity contribution in [3.05, 3.63) is 11.9 Å². The second-order valence-corrected chi connectivity index (χ2v) is 4.28. The van der Waals surface area contributed by atoms with Crippen LogP contribution in [0.5, 0.6) is 0 Å². The van der Waals surface area contributed by atoms with Gasteiger partial charge in [-0.25, -0.2) is 9.97 Å². The van der Waals surface area contributed by atoms with Gasteiger partial charge in [0.15, 0.2) is 0 Å². The fraction of sp³-hybridized carbons (Fsp3) is 0.667. The maximum atomic E-state index is 5.87. The van der Waals surface area contributed by atoms with Gasteiger partial charge >= 0.3 is 0 Å². The minimum Gasteiger partial charge on any atom is -0.383 e. The molecular weight excluding hydrogens is 232 g/mol. The van der Waals surface area contributed by atoms with Crippen molar-refractivity contribution >= 4 is 11.6 Å². The van der Waals surface area contributed by atoms with Gasteiger partial charge in [0.05, 0.1) is 25.9 Å². The minimum absolute atomic E-state index is 0.0735. The number of aromatic nitrogens is 2. The van der Waals surface area contributed by atoms with E-state index in [9.17, 15) is 0 Å². The summed E-state index contributed by atoms with van der Waals surface area (Å²) < 4.78 is 10.9. The number of nitrogens with two attached hydrogens (primary N) is 1. The predicted octanol–water partition coefficient (Wildman–Crippen LogP) is 0.839. The first-order chi connectivity index (χ1) is 8.81. The first-order valence-electron chi connectivity index (χ1n) is 6.33. The summed E-state index contributed by atoms with van der Waals surface area (Å²) in [4.78, 5) is 8.27. The fourth-order valence-corrected chi connectivity index (χ4v) is 1.94. The van der Waals surface area contributed by atoms with E-state index in [2.05, 4.69) is 22.2 Å². The van der Waals surface area contributed by atoms with E-state index in [4.69, 9.17) is 15.2 Å². The van der Waals surface area contributed by atoms with Crippen LogP contribution in [0.2, 0.25) is 0 Å². The van der Waals surface area contributed by atoms with Crippen LogP contribution in [0.3, 0.4) is 0 Å². The molecule has 0 spiro atoms. The number of hydrogen-bond acceptors (Lipinski definition) is 6.